The minimum absolute atomic E-state index is 0.0911. The molecule has 9 heteroatoms. The van der Waals surface area contributed by atoms with E-state index in [0.717, 1.165) is 46.7 Å². The quantitative estimate of drug-likeness (QED) is 0.442. The summed E-state index contributed by atoms with van der Waals surface area (Å²) in [4.78, 5) is 28.5. The summed E-state index contributed by atoms with van der Waals surface area (Å²) >= 11 is 7.64. The topological polar surface area (TPSA) is 71.6 Å². The number of rotatable bonds is 3. The standard InChI is InChI=1S/C20H20N4O2S3/c1-3-11-23-17(25)15(28-19(23)16-18(26)24(21)20(27)29-16)14-10-9-12-7-5-6-8-13(12)22(14)4-2/h5-10H,3-4,11,21H2,1-2H3. The molecule has 2 aliphatic heterocycles. The largest absolute Gasteiger partial charge is 0.340 e. The van der Waals surface area contributed by atoms with Crippen molar-refractivity contribution in [2.24, 2.45) is 5.84 Å². The minimum Gasteiger partial charge on any atom is -0.340 e. The third-order valence-electron chi connectivity index (χ3n) is 4.81. The number of carbonyl (C=O) groups is 1. The van der Waals surface area contributed by atoms with Gasteiger partial charge in [-0.1, -0.05) is 43.4 Å². The molecule has 1 saturated heterocycles. The zero-order valence-corrected chi connectivity index (χ0v) is 18.5. The Labute approximate surface area is 181 Å². The summed E-state index contributed by atoms with van der Waals surface area (Å²) < 4.78 is 3.21. The lowest BCUT2D eigenvalue weighted by atomic mass is 10.1. The van der Waals surface area contributed by atoms with Crippen LogP contribution in [0.4, 0.5) is 5.69 Å². The zero-order valence-electron chi connectivity index (χ0n) is 16.0. The highest BCUT2D eigenvalue weighted by molar-refractivity contribution is 8.30. The third-order valence-corrected chi connectivity index (χ3v) is 7.54. The first-order valence-corrected chi connectivity index (χ1v) is 11.4. The number of hydrogen-bond donors (Lipinski definition) is 1. The van der Waals surface area contributed by atoms with Gasteiger partial charge in [-0.15, -0.1) is 11.3 Å². The Kier molecular flexibility index (Phi) is 5.48. The lowest BCUT2D eigenvalue weighted by molar-refractivity contribution is -0.120. The molecular formula is C20H20N4O2S3. The van der Waals surface area contributed by atoms with E-state index >= 15 is 0 Å². The van der Waals surface area contributed by atoms with Crippen LogP contribution in [0.3, 0.4) is 0 Å². The Morgan fingerprint density at radius 3 is 2.55 bits per heavy atom. The molecule has 0 spiro atoms. The normalized spacial score (nSPS) is 20.0. The first-order valence-electron chi connectivity index (χ1n) is 9.31. The molecule has 0 unspecified atom stereocenters. The van der Waals surface area contributed by atoms with Gasteiger partial charge in [-0.2, -0.15) is 0 Å². The molecule has 1 amide bonds. The number of likely N-dealkylation sites (N-methyl/N-ethyl adjacent to an activating group) is 1. The maximum absolute atomic E-state index is 13.4. The number of nitrogens with zero attached hydrogens (tertiary/aromatic N) is 3. The average molecular weight is 445 g/mol. The van der Waals surface area contributed by atoms with Gasteiger partial charge in [0.15, 0.2) is 4.32 Å². The molecule has 0 radical (unpaired) electrons. The van der Waals surface area contributed by atoms with Gasteiger partial charge in [-0.25, -0.2) is 10.9 Å². The van der Waals surface area contributed by atoms with Crippen molar-refractivity contribution in [3.8, 4) is 0 Å². The number of thiazole rings is 1. The lowest BCUT2D eigenvalue weighted by Crippen LogP contribution is -2.38. The van der Waals surface area contributed by atoms with E-state index in [4.69, 9.17) is 18.1 Å². The van der Waals surface area contributed by atoms with Crippen LogP contribution in [0.15, 0.2) is 35.1 Å². The van der Waals surface area contributed by atoms with E-state index in [-0.39, 0.29) is 11.5 Å². The maximum atomic E-state index is 13.4. The van der Waals surface area contributed by atoms with Crippen molar-refractivity contribution in [1.29, 1.82) is 0 Å². The number of aromatic nitrogens is 1. The van der Waals surface area contributed by atoms with Gasteiger partial charge in [-0.3, -0.25) is 14.2 Å². The van der Waals surface area contributed by atoms with Crippen molar-refractivity contribution < 1.29 is 4.79 Å². The van der Waals surface area contributed by atoms with Crippen LogP contribution in [0.5, 0.6) is 0 Å². The molecule has 4 rings (SSSR count). The highest BCUT2D eigenvalue weighted by Crippen LogP contribution is 2.31. The number of anilines is 1. The zero-order chi connectivity index (χ0) is 20.7. The summed E-state index contributed by atoms with van der Waals surface area (Å²) in [6.07, 6.45) is 4.78. The summed E-state index contributed by atoms with van der Waals surface area (Å²) in [5, 5.41) is 0.970. The predicted octanol–water partition coefficient (Wildman–Crippen LogP) is 1.82. The van der Waals surface area contributed by atoms with Gasteiger partial charge < -0.3 is 4.90 Å². The number of thioether (sulfide) groups is 1. The monoisotopic (exact) mass is 444 g/mol. The number of benzene rings is 1. The number of fused-ring (bicyclic) bond motifs is 1. The molecule has 0 atom stereocenters. The van der Waals surface area contributed by atoms with Crippen LogP contribution in [0.2, 0.25) is 0 Å². The van der Waals surface area contributed by atoms with Gasteiger partial charge in [0, 0.05) is 18.8 Å². The Morgan fingerprint density at radius 1 is 1.14 bits per heavy atom. The van der Waals surface area contributed by atoms with Gasteiger partial charge >= 0.3 is 0 Å². The molecule has 1 fully saturated rings. The van der Waals surface area contributed by atoms with E-state index < -0.39 is 0 Å². The Balaban J connectivity index is 2.04. The molecule has 0 aliphatic carbocycles. The fraction of sp³-hybridized carbons (Fsp3) is 0.250. The van der Waals surface area contributed by atoms with Gasteiger partial charge in [0.25, 0.3) is 11.5 Å². The van der Waals surface area contributed by atoms with Crippen molar-refractivity contribution >= 4 is 67.9 Å². The number of nitrogens with two attached hydrogens (primary N) is 1. The number of amides is 1. The molecule has 3 heterocycles. The van der Waals surface area contributed by atoms with Crippen LogP contribution in [0.1, 0.15) is 25.8 Å². The van der Waals surface area contributed by atoms with E-state index in [2.05, 4.69) is 24.0 Å². The van der Waals surface area contributed by atoms with Crippen LogP contribution in [0, 0.1) is 0 Å². The highest BCUT2D eigenvalue weighted by atomic mass is 32.2. The van der Waals surface area contributed by atoms with Crippen LogP contribution in [-0.4, -0.2) is 26.3 Å². The Morgan fingerprint density at radius 2 is 1.90 bits per heavy atom. The molecule has 6 nitrogen and oxygen atoms in total. The second kappa shape index (κ2) is 7.91. The molecule has 2 aliphatic rings. The average Bonchev–Trinajstić information content (AvgIpc) is 3.18. The van der Waals surface area contributed by atoms with Crippen molar-refractivity contribution in [3.63, 3.8) is 0 Å². The number of hydrazine groups is 1. The summed E-state index contributed by atoms with van der Waals surface area (Å²) in [5.41, 5.74) is 2.94. The van der Waals surface area contributed by atoms with Crippen molar-refractivity contribution in [1.82, 2.24) is 9.58 Å². The number of thiocarbonyl (C=S) groups is 1. The predicted molar refractivity (Wildman–Crippen MR) is 125 cm³/mol. The highest BCUT2D eigenvalue weighted by Gasteiger charge is 2.32. The molecule has 2 N–H and O–H groups in total. The fourth-order valence-corrected chi connectivity index (χ4v) is 5.94. The molecular weight excluding hydrogens is 424 g/mol. The van der Waals surface area contributed by atoms with Crippen LogP contribution < -0.4 is 25.5 Å². The molecule has 1 aromatic carbocycles. The SMILES string of the molecule is CCCn1c(=C2SC(=S)N(N)C2=O)sc(=C2C=Cc3ccccc3N2CC)c1=O. The number of carbonyl (C=O) groups excluding carboxylic acids is 1. The molecule has 29 heavy (non-hydrogen) atoms. The van der Waals surface area contributed by atoms with Crippen molar-refractivity contribution in [2.75, 3.05) is 11.4 Å². The number of para-hydroxylation sites is 1. The van der Waals surface area contributed by atoms with Gasteiger partial charge in [0.2, 0.25) is 0 Å². The summed E-state index contributed by atoms with van der Waals surface area (Å²) in [6, 6.07) is 8.10. The van der Waals surface area contributed by atoms with E-state index in [1.165, 1.54) is 11.3 Å². The van der Waals surface area contributed by atoms with Gasteiger partial charge in [0.1, 0.15) is 14.1 Å². The summed E-state index contributed by atoms with van der Waals surface area (Å²) in [5.74, 6) is 5.39. The smallest absolute Gasteiger partial charge is 0.283 e. The number of hydrogen-bond acceptors (Lipinski definition) is 7. The maximum Gasteiger partial charge on any atom is 0.283 e. The Hall–Kier alpha value is -2.20. The molecule has 1 aromatic heterocycles. The lowest BCUT2D eigenvalue weighted by Gasteiger charge is -2.28. The first kappa shape index (κ1) is 20.1. The molecule has 0 saturated carbocycles. The van der Waals surface area contributed by atoms with E-state index in [9.17, 15) is 9.59 Å². The molecule has 0 bridgehead atoms. The van der Waals surface area contributed by atoms with E-state index in [1.54, 1.807) is 4.57 Å². The third kappa shape index (κ3) is 3.28. The van der Waals surface area contributed by atoms with E-state index in [0.29, 0.717) is 25.0 Å². The van der Waals surface area contributed by atoms with Crippen molar-refractivity contribution in [2.45, 2.75) is 26.8 Å². The van der Waals surface area contributed by atoms with Crippen LogP contribution in [-0.2, 0) is 11.3 Å². The second-order valence-electron chi connectivity index (χ2n) is 6.59. The molecule has 2 aromatic rings. The van der Waals surface area contributed by atoms with Gasteiger partial charge in [-0.05, 0) is 42.8 Å². The van der Waals surface area contributed by atoms with Crippen LogP contribution >= 0.6 is 35.3 Å². The van der Waals surface area contributed by atoms with Crippen LogP contribution in [0.25, 0.3) is 16.7 Å². The van der Waals surface area contributed by atoms with Crippen molar-refractivity contribution in [3.05, 3.63) is 55.5 Å². The Bertz CT molecular complexity index is 1230. The second-order valence-corrected chi connectivity index (χ2v) is 9.23. The molecule has 150 valence electrons. The fourth-order valence-electron chi connectivity index (χ4n) is 3.48. The summed E-state index contributed by atoms with van der Waals surface area (Å²) in [6.45, 7) is 5.32. The van der Waals surface area contributed by atoms with Gasteiger partial charge in [0.05, 0.1) is 5.70 Å². The minimum atomic E-state index is -0.362. The first-order chi connectivity index (χ1) is 14.0. The van der Waals surface area contributed by atoms with E-state index in [1.807, 2.05) is 31.2 Å². The summed E-state index contributed by atoms with van der Waals surface area (Å²) in [7, 11) is 0.